The molecule has 4 nitrogen and oxygen atoms in total. The van der Waals surface area contributed by atoms with Crippen LogP contribution in [0.2, 0.25) is 0 Å². The van der Waals surface area contributed by atoms with E-state index >= 15 is 0 Å². The van der Waals surface area contributed by atoms with E-state index < -0.39 is 46.7 Å². The van der Waals surface area contributed by atoms with E-state index in [0.717, 1.165) is 0 Å². The molecule has 34 heavy (non-hydrogen) atoms. The molecule has 0 spiro atoms. The van der Waals surface area contributed by atoms with Crippen LogP contribution < -0.4 is 10.2 Å². The monoisotopic (exact) mass is 582 g/mol. The molecule has 0 bridgehead atoms. The van der Waals surface area contributed by atoms with Crippen molar-refractivity contribution in [2.45, 2.75) is 32.4 Å². The van der Waals surface area contributed by atoms with Crippen molar-refractivity contribution in [3.05, 3.63) is 97.6 Å². The number of hydrogen-bond donors (Lipinski definition) is 1. The highest BCUT2D eigenvalue weighted by atomic mass is 127. The van der Waals surface area contributed by atoms with E-state index in [2.05, 4.69) is 5.32 Å². The van der Waals surface area contributed by atoms with Crippen molar-refractivity contribution in [3.8, 4) is 0 Å². The van der Waals surface area contributed by atoms with Gasteiger partial charge >= 0.3 is 0 Å². The van der Waals surface area contributed by atoms with E-state index in [4.69, 9.17) is 0 Å². The average Bonchev–Trinajstić information content (AvgIpc) is 2.95. The smallest absolute Gasteiger partial charge is 0.251 e. The lowest BCUT2D eigenvalue weighted by Crippen LogP contribution is -2.36. The van der Waals surface area contributed by atoms with Crippen molar-refractivity contribution in [1.82, 2.24) is 5.32 Å². The Morgan fingerprint density at radius 3 is 2.29 bits per heavy atom. The van der Waals surface area contributed by atoms with Crippen LogP contribution in [0.4, 0.5) is 23.2 Å². The highest BCUT2D eigenvalue weighted by Crippen LogP contribution is 2.43. The van der Waals surface area contributed by atoms with Crippen LogP contribution in [-0.4, -0.2) is 11.8 Å². The Balaban J connectivity index is 1.63. The van der Waals surface area contributed by atoms with Crippen molar-refractivity contribution < 1.29 is 27.2 Å². The molecule has 1 N–H and O–H groups in total. The van der Waals surface area contributed by atoms with Gasteiger partial charge in [0, 0.05) is 44.6 Å². The summed E-state index contributed by atoms with van der Waals surface area (Å²) in [5, 5.41) is 2.42. The number of nitrogens with zero attached hydrogens (tertiary/aromatic N) is 1. The van der Waals surface area contributed by atoms with E-state index in [1.165, 1.54) is 23.1 Å². The van der Waals surface area contributed by atoms with E-state index in [-0.39, 0.29) is 18.0 Å². The maximum atomic E-state index is 14.5. The molecule has 1 heterocycles. The van der Waals surface area contributed by atoms with Gasteiger partial charge in [-0.05, 0) is 66.3 Å². The third kappa shape index (κ3) is 4.28. The van der Waals surface area contributed by atoms with Crippen LogP contribution in [0.3, 0.4) is 0 Å². The molecular formula is C25H19F4IN2O2. The van der Waals surface area contributed by atoms with Gasteiger partial charge in [-0.2, -0.15) is 0 Å². The number of carbonyl (C=O) groups is 2. The fourth-order valence-electron chi connectivity index (χ4n) is 4.00. The van der Waals surface area contributed by atoms with Gasteiger partial charge in [-0.1, -0.05) is 12.1 Å². The van der Waals surface area contributed by atoms with Gasteiger partial charge in [0.1, 0.15) is 23.3 Å². The van der Waals surface area contributed by atoms with E-state index in [1.54, 1.807) is 32.0 Å². The average molecular weight is 582 g/mol. The molecule has 0 fully saturated rings. The summed E-state index contributed by atoms with van der Waals surface area (Å²) < 4.78 is 56.0. The molecule has 3 aromatic carbocycles. The molecule has 1 aliphatic heterocycles. The van der Waals surface area contributed by atoms with Crippen LogP contribution >= 0.6 is 22.6 Å². The topological polar surface area (TPSA) is 49.4 Å². The van der Waals surface area contributed by atoms with Crippen molar-refractivity contribution in [1.29, 1.82) is 0 Å². The summed E-state index contributed by atoms with van der Waals surface area (Å²) >= 11 is 2.00. The van der Waals surface area contributed by atoms with E-state index in [1.807, 2.05) is 22.6 Å². The number of amides is 2. The third-order valence-corrected chi connectivity index (χ3v) is 6.92. The zero-order valence-electron chi connectivity index (χ0n) is 18.2. The van der Waals surface area contributed by atoms with Crippen molar-refractivity contribution >= 4 is 40.1 Å². The molecule has 0 unspecified atom stereocenters. The number of halogens is 5. The Bertz CT molecular complexity index is 1280. The molecule has 9 heteroatoms. The second kappa shape index (κ2) is 9.01. The molecular weight excluding hydrogens is 563 g/mol. The van der Waals surface area contributed by atoms with Crippen LogP contribution in [0, 0.1) is 26.8 Å². The van der Waals surface area contributed by atoms with Crippen LogP contribution in [0.5, 0.6) is 0 Å². The molecule has 0 saturated carbocycles. The fourth-order valence-corrected chi connectivity index (χ4v) is 4.63. The summed E-state index contributed by atoms with van der Waals surface area (Å²) in [6.45, 7) is 2.99. The van der Waals surface area contributed by atoms with Gasteiger partial charge < -0.3 is 10.2 Å². The Morgan fingerprint density at radius 2 is 1.65 bits per heavy atom. The van der Waals surface area contributed by atoms with Gasteiger partial charge in [-0.25, -0.2) is 17.6 Å². The summed E-state index contributed by atoms with van der Waals surface area (Å²) in [5.41, 5.74) is 0.291. The third-order valence-electron chi connectivity index (χ3n) is 5.91. The number of fused-ring (bicyclic) bond motifs is 1. The lowest BCUT2D eigenvalue weighted by atomic mass is 9.86. The second-order valence-electron chi connectivity index (χ2n) is 8.48. The van der Waals surface area contributed by atoms with Crippen LogP contribution in [0.1, 0.15) is 40.9 Å². The first-order chi connectivity index (χ1) is 16.0. The lowest BCUT2D eigenvalue weighted by Gasteiger charge is -2.21. The van der Waals surface area contributed by atoms with Crippen LogP contribution in [-0.2, 0) is 23.3 Å². The standard InChI is InChI=1S/C25H19F4IN2O2/c1-25(2)17-7-6-13(23(33)31-11-15-19(28)9-14(26)10-20(15)29)8-22(17)32(24(25)34)12-16-18(27)4-3-5-21(16)30/h3-10H,11-12H2,1-2H3,(H,31,33). The summed E-state index contributed by atoms with van der Waals surface area (Å²) in [6.07, 6.45) is 0. The largest absolute Gasteiger partial charge is 0.348 e. The Labute approximate surface area is 207 Å². The summed E-state index contributed by atoms with van der Waals surface area (Å²) in [4.78, 5) is 27.4. The van der Waals surface area contributed by atoms with Gasteiger partial charge in [0.05, 0.1) is 12.0 Å². The number of carbonyl (C=O) groups excluding carboxylic acids is 2. The highest BCUT2D eigenvalue weighted by Gasteiger charge is 2.44. The SMILES string of the molecule is CC1(C)C(=O)N(Cc2c(F)cccc2I)c2cc(C(=O)NCc3c(F)cc(F)cc3F)ccc21. The van der Waals surface area contributed by atoms with Crippen molar-refractivity contribution in [2.24, 2.45) is 0 Å². The quantitative estimate of drug-likeness (QED) is 0.315. The maximum Gasteiger partial charge on any atom is 0.251 e. The van der Waals surface area contributed by atoms with Gasteiger partial charge in [0.15, 0.2) is 0 Å². The van der Waals surface area contributed by atoms with Crippen molar-refractivity contribution in [2.75, 3.05) is 4.90 Å². The van der Waals surface area contributed by atoms with E-state index in [9.17, 15) is 27.2 Å². The fraction of sp³-hybridized carbons (Fsp3) is 0.200. The second-order valence-corrected chi connectivity index (χ2v) is 9.64. The zero-order valence-corrected chi connectivity index (χ0v) is 20.3. The summed E-state index contributed by atoms with van der Waals surface area (Å²) in [6, 6.07) is 10.4. The normalized spacial score (nSPS) is 14.3. The first kappa shape index (κ1) is 24.2. The van der Waals surface area contributed by atoms with Gasteiger partial charge in [0.2, 0.25) is 5.91 Å². The Hall–Kier alpha value is -2.95. The molecule has 1 aliphatic rings. The first-order valence-corrected chi connectivity index (χ1v) is 11.4. The minimum absolute atomic E-state index is 0.0166. The van der Waals surface area contributed by atoms with E-state index in [0.29, 0.717) is 32.5 Å². The summed E-state index contributed by atoms with van der Waals surface area (Å²) in [7, 11) is 0. The van der Waals surface area contributed by atoms with Gasteiger partial charge in [-0.3, -0.25) is 9.59 Å². The zero-order chi connectivity index (χ0) is 24.8. The number of hydrogen-bond acceptors (Lipinski definition) is 2. The Kier molecular flexibility index (Phi) is 6.41. The minimum Gasteiger partial charge on any atom is -0.348 e. The molecule has 3 aromatic rings. The minimum atomic E-state index is -1.11. The lowest BCUT2D eigenvalue weighted by molar-refractivity contribution is -0.122. The predicted octanol–water partition coefficient (Wildman–Crippen LogP) is 5.60. The van der Waals surface area contributed by atoms with Gasteiger partial charge in [-0.15, -0.1) is 0 Å². The maximum absolute atomic E-state index is 14.5. The number of anilines is 1. The van der Waals surface area contributed by atoms with Gasteiger partial charge in [0.25, 0.3) is 5.91 Å². The van der Waals surface area contributed by atoms with Crippen LogP contribution in [0.25, 0.3) is 0 Å². The molecule has 0 atom stereocenters. The molecule has 4 rings (SSSR count). The molecule has 0 radical (unpaired) electrons. The predicted molar refractivity (Wildman–Crippen MR) is 127 cm³/mol. The Morgan fingerprint density at radius 1 is 0.971 bits per heavy atom. The first-order valence-electron chi connectivity index (χ1n) is 10.3. The molecule has 176 valence electrons. The van der Waals surface area contributed by atoms with Crippen LogP contribution in [0.15, 0.2) is 48.5 Å². The molecule has 0 saturated heterocycles. The number of benzene rings is 3. The number of rotatable bonds is 5. The van der Waals surface area contributed by atoms with Crippen molar-refractivity contribution in [3.63, 3.8) is 0 Å². The molecule has 0 aromatic heterocycles. The summed E-state index contributed by atoms with van der Waals surface area (Å²) in [5.74, 6) is -4.59. The molecule has 0 aliphatic carbocycles. The highest BCUT2D eigenvalue weighted by molar-refractivity contribution is 14.1. The number of nitrogens with one attached hydrogen (secondary N) is 1. The molecule has 2 amide bonds.